The Morgan fingerprint density at radius 1 is 0.638 bits per heavy atom. The Hall–Kier alpha value is -4.17. The summed E-state index contributed by atoms with van der Waals surface area (Å²) < 4.78 is 4.30. The van der Waals surface area contributed by atoms with E-state index in [4.69, 9.17) is 0 Å². The Kier molecular flexibility index (Phi) is 30.4. The van der Waals surface area contributed by atoms with Crippen molar-refractivity contribution in [3.8, 4) is 0 Å². The number of hydrogen-bond acceptors (Lipinski definition) is 2. The SMILES string of the molecule is C=CCc1ccccc1.C=Cc1c(C)c(C)cc(C)c1CCC.CC.CCCOC=O.CCc1ccccc1.CCc1ccccc1. The molecule has 4 aromatic rings. The van der Waals surface area contributed by atoms with Gasteiger partial charge in [-0.25, -0.2) is 0 Å². The Bertz CT molecular complexity index is 1250. The smallest absolute Gasteiger partial charge is 0.293 e. The minimum atomic E-state index is 0.462. The third-order valence-electron chi connectivity index (χ3n) is 7.05. The Morgan fingerprint density at radius 2 is 1.09 bits per heavy atom. The zero-order valence-corrected chi connectivity index (χ0v) is 31.2. The van der Waals surface area contributed by atoms with Gasteiger partial charge in [0.1, 0.15) is 0 Å². The zero-order chi connectivity index (χ0) is 35.7. The van der Waals surface area contributed by atoms with Gasteiger partial charge in [-0.15, -0.1) is 6.58 Å². The summed E-state index contributed by atoms with van der Waals surface area (Å²) in [4.78, 5) is 9.34. The molecule has 0 saturated carbocycles. The van der Waals surface area contributed by atoms with Crippen molar-refractivity contribution in [2.75, 3.05) is 6.61 Å². The van der Waals surface area contributed by atoms with Gasteiger partial charge in [0.2, 0.25) is 0 Å². The van der Waals surface area contributed by atoms with Gasteiger partial charge in [0.15, 0.2) is 0 Å². The van der Waals surface area contributed by atoms with Crippen LogP contribution in [-0.2, 0) is 35.2 Å². The van der Waals surface area contributed by atoms with Gasteiger partial charge in [-0.2, -0.15) is 0 Å². The Morgan fingerprint density at radius 3 is 1.38 bits per heavy atom. The summed E-state index contributed by atoms with van der Waals surface area (Å²) in [7, 11) is 0. The lowest BCUT2D eigenvalue weighted by atomic mass is 9.91. The topological polar surface area (TPSA) is 26.3 Å². The van der Waals surface area contributed by atoms with Gasteiger partial charge >= 0.3 is 0 Å². The molecule has 0 fully saturated rings. The highest BCUT2D eigenvalue weighted by molar-refractivity contribution is 5.60. The van der Waals surface area contributed by atoms with E-state index in [1.165, 1.54) is 50.9 Å². The molecule has 0 amide bonds. The largest absolute Gasteiger partial charge is 0.468 e. The van der Waals surface area contributed by atoms with E-state index < -0.39 is 0 Å². The first-order chi connectivity index (χ1) is 22.8. The van der Waals surface area contributed by atoms with Crippen LogP contribution in [0.4, 0.5) is 0 Å². The van der Waals surface area contributed by atoms with Gasteiger partial charge < -0.3 is 4.74 Å². The molecule has 0 N–H and O–H groups in total. The molecular formula is C45H64O2. The van der Waals surface area contributed by atoms with Crippen LogP contribution in [0.5, 0.6) is 0 Å². The van der Waals surface area contributed by atoms with Crippen LogP contribution in [0, 0.1) is 20.8 Å². The molecule has 0 heterocycles. The average molecular weight is 637 g/mol. The predicted molar refractivity (Wildman–Crippen MR) is 210 cm³/mol. The monoisotopic (exact) mass is 636 g/mol. The van der Waals surface area contributed by atoms with Crippen LogP contribution in [-0.4, -0.2) is 13.1 Å². The van der Waals surface area contributed by atoms with Gasteiger partial charge in [-0.1, -0.05) is 164 Å². The third-order valence-corrected chi connectivity index (χ3v) is 7.05. The maximum atomic E-state index is 9.34. The number of carbonyl (C=O) groups is 1. The van der Waals surface area contributed by atoms with Crippen molar-refractivity contribution in [2.45, 2.75) is 101 Å². The van der Waals surface area contributed by atoms with E-state index in [0.717, 1.165) is 32.1 Å². The van der Waals surface area contributed by atoms with Crippen LogP contribution in [0.2, 0.25) is 0 Å². The highest BCUT2D eigenvalue weighted by atomic mass is 16.5. The molecule has 0 atom stereocenters. The van der Waals surface area contributed by atoms with Crippen molar-refractivity contribution >= 4 is 12.5 Å². The second-order valence-electron chi connectivity index (χ2n) is 10.6. The fraction of sp³-hybridized carbons (Fsp3) is 0.356. The zero-order valence-electron chi connectivity index (χ0n) is 31.2. The molecule has 0 bridgehead atoms. The van der Waals surface area contributed by atoms with E-state index in [0.29, 0.717) is 13.1 Å². The number of carbonyl (C=O) groups excluding carboxylic acids is 1. The standard InChI is InChI=1S/C14H20.C9H10.2C8H10.C4H8O2.C2H6/c1-6-8-14-11(4)9-10(3)12(5)13(14)7-2;1-2-6-9-7-4-3-5-8-9;2*1-2-8-6-4-3-5-7-8;1-2-3-6-4-5;1-2/h7,9H,2,6,8H2,1,3-5H3;2-5,7-8H,1,6H2;2*3-7H,2H2,1H3;4H,2-3H2,1H3;1-2H3. The van der Waals surface area contributed by atoms with Crippen molar-refractivity contribution in [2.24, 2.45) is 0 Å². The summed E-state index contributed by atoms with van der Waals surface area (Å²) in [6.07, 6.45) is 10.4. The van der Waals surface area contributed by atoms with Crippen LogP contribution in [0.3, 0.4) is 0 Å². The predicted octanol–water partition coefficient (Wildman–Crippen LogP) is 12.7. The first-order valence-corrected chi connectivity index (χ1v) is 17.3. The number of hydrogen-bond donors (Lipinski definition) is 0. The van der Waals surface area contributed by atoms with Gasteiger partial charge in [0.25, 0.3) is 6.47 Å². The van der Waals surface area contributed by atoms with Crippen LogP contribution in [0.1, 0.15) is 98.9 Å². The van der Waals surface area contributed by atoms with Crippen molar-refractivity contribution in [1.29, 1.82) is 0 Å². The van der Waals surface area contributed by atoms with Gasteiger partial charge in [0, 0.05) is 0 Å². The van der Waals surface area contributed by atoms with E-state index in [2.05, 4.69) is 126 Å². The number of allylic oxidation sites excluding steroid dienone is 1. The number of rotatable bonds is 10. The maximum Gasteiger partial charge on any atom is 0.293 e. The summed E-state index contributed by atoms with van der Waals surface area (Å²) in [5.74, 6) is 0. The van der Waals surface area contributed by atoms with E-state index in [1.807, 2.05) is 63.3 Å². The lowest BCUT2D eigenvalue weighted by Crippen LogP contribution is -1.98. The quantitative estimate of drug-likeness (QED) is 0.0983. The average Bonchev–Trinajstić information content (AvgIpc) is 3.13. The highest BCUT2D eigenvalue weighted by Gasteiger charge is 2.07. The normalized spacial score (nSPS) is 8.96. The molecule has 0 aromatic heterocycles. The van der Waals surface area contributed by atoms with Gasteiger partial charge in [0.05, 0.1) is 6.61 Å². The summed E-state index contributed by atoms with van der Waals surface area (Å²) in [5.41, 5.74) is 11.1. The van der Waals surface area contributed by atoms with E-state index >= 15 is 0 Å². The summed E-state index contributed by atoms with van der Waals surface area (Å²) in [6.45, 7) is 27.6. The molecule has 0 aliphatic rings. The lowest BCUT2D eigenvalue weighted by molar-refractivity contribution is -0.128. The van der Waals surface area contributed by atoms with Gasteiger partial charge in [-0.3, -0.25) is 4.79 Å². The summed E-state index contributed by atoms with van der Waals surface area (Å²) in [5, 5.41) is 0. The first kappa shape index (κ1) is 45.0. The molecule has 0 radical (unpaired) electrons. The minimum absolute atomic E-state index is 0.462. The van der Waals surface area contributed by atoms with Crippen LogP contribution >= 0.6 is 0 Å². The number of aryl methyl sites for hydroxylation is 4. The molecular weight excluding hydrogens is 572 g/mol. The fourth-order valence-corrected chi connectivity index (χ4v) is 4.40. The second kappa shape index (κ2) is 31.8. The van der Waals surface area contributed by atoms with Crippen molar-refractivity contribution < 1.29 is 9.53 Å². The second-order valence-corrected chi connectivity index (χ2v) is 10.6. The highest BCUT2D eigenvalue weighted by Crippen LogP contribution is 2.24. The Labute approximate surface area is 289 Å². The van der Waals surface area contributed by atoms with E-state index in [9.17, 15) is 4.79 Å². The molecule has 256 valence electrons. The van der Waals surface area contributed by atoms with E-state index in [1.54, 1.807) is 0 Å². The molecule has 2 heteroatoms. The fourth-order valence-electron chi connectivity index (χ4n) is 4.40. The van der Waals surface area contributed by atoms with Crippen LogP contribution < -0.4 is 0 Å². The molecule has 4 aromatic carbocycles. The molecule has 0 aliphatic heterocycles. The molecule has 47 heavy (non-hydrogen) atoms. The number of benzene rings is 4. The summed E-state index contributed by atoms with van der Waals surface area (Å²) >= 11 is 0. The molecule has 2 nitrogen and oxygen atoms in total. The molecule has 0 spiro atoms. The molecule has 0 saturated heterocycles. The van der Waals surface area contributed by atoms with Crippen LogP contribution in [0.25, 0.3) is 6.08 Å². The van der Waals surface area contributed by atoms with Crippen molar-refractivity contribution in [1.82, 2.24) is 0 Å². The van der Waals surface area contributed by atoms with Crippen LogP contribution in [0.15, 0.2) is 116 Å². The molecule has 0 unspecified atom stereocenters. The maximum absolute atomic E-state index is 9.34. The number of ether oxygens (including phenoxy) is 1. The molecule has 0 aliphatic carbocycles. The Balaban J connectivity index is 0. The van der Waals surface area contributed by atoms with Gasteiger partial charge in [-0.05, 0) is 97.4 Å². The minimum Gasteiger partial charge on any atom is -0.468 e. The van der Waals surface area contributed by atoms with Crippen molar-refractivity contribution in [3.05, 3.63) is 161 Å². The third kappa shape index (κ3) is 22.1. The van der Waals surface area contributed by atoms with E-state index in [-0.39, 0.29) is 0 Å². The summed E-state index contributed by atoms with van der Waals surface area (Å²) in [6, 6.07) is 33.5. The van der Waals surface area contributed by atoms with Crippen molar-refractivity contribution in [3.63, 3.8) is 0 Å². The molecule has 4 rings (SSSR count). The first-order valence-electron chi connectivity index (χ1n) is 17.3. The lowest BCUT2D eigenvalue weighted by Gasteiger charge is -2.14.